The summed E-state index contributed by atoms with van der Waals surface area (Å²) in [5.41, 5.74) is 0.961. The van der Waals surface area contributed by atoms with Crippen molar-refractivity contribution in [2.75, 3.05) is 6.54 Å². The quantitative estimate of drug-likeness (QED) is 0.701. The molecule has 130 valence electrons. The highest BCUT2D eigenvalue weighted by atomic mass is 35.5. The van der Waals surface area contributed by atoms with Crippen LogP contribution < -0.4 is 10.6 Å². The molecule has 0 aliphatic heterocycles. The molecule has 0 aliphatic carbocycles. The molecule has 24 heavy (non-hydrogen) atoms. The molecular weight excluding hydrogens is 349 g/mol. The molecule has 6 nitrogen and oxygen atoms in total. The van der Waals surface area contributed by atoms with Crippen LogP contribution >= 0.6 is 23.2 Å². The van der Waals surface area contributed by atoms with Gasteiger partial charge in [0, 0.05) is 29.2 Å². The van der Waals surface area contributed by atoms with Gasteiger partial charge in [0.2, 0.25) is 0 Å². The molecule has 0 spiro atoms. The first-order valence-corrected chi connectivity index (χ1v) is 8.61. The van der Waals surface area contributed by atoms with Gasteiger partial charge in [-0.05, 0) is 43.9 Å². The minimum Gasteiger partial charge on any atom is -0.338 e. The molecule has 2 aromatic rings. The molecule has 0 unspecified atom stereocenters. The van der Waals surface area contributed by atoms with Gasteiger partial charge in [0.1, 0.15) is 12.7 Å². The van der Waals surface area contributed by atoms with E-state index in [1.54, 1.807) is 24.8 Å². The highest BCUT2D eigenvalue weighted by molar-refractivity contribution is 6.35. The first-order valence-electron chi connectivity index (χ1n) is 7.85. The predicted molar refractivity (Wildman–Crippen MR) is 95.4 cm³/mol. The molecule has 1 aromatic carbocycles. The molecule has 0 aliphatic rings. The Bertz CT molecular complexity index is 648. The molecular formula is C16H21Cl2N5O. The van der Waals surface area contributed by atoms with Crippen LogP contribution in [0.15, 0.2) is 30.9 Å². The number of halogens is 2. The summed E-state index contributed by atoms with van der Waals surface area (Å²) >= 11 is 12.0. The summed E-state index contributed by atoms with van der Waals surface area (Å²) in [7, 11) is 0. The maximum atomic E-state index is 11.9. The van der Waals surface area contributed by atoms with Crippen molar-refractivity contribution in [2.45, 2.75) is 38.8 Å². The summed E-state index contributed by atoms with van der Waals surface area (Å²) in [5, 5.41) is 14.5. The number of hydrogen-bond acceptors (Lipinski definition) is 3. The average Bonchev–Trinajstić information content (AvgIpc) is 3.03. The second-order valence-corrected chi connectivity index (χ2v) is 6.49. The smallest absolute Gasteiger partial charge is 0.315 e. The van der Waals surface area contributed by atoms with Gasteiger partial charge in [0.15, 0.2) is 0 Å². The van der Waals surface area contributed by atoms with E-state index < -0.39 is 0 Å². The zero-order valence-electron chi connectivity index (χ0n) is 13.5. The number of carbonyl (C=O) groups is 1. The van der Waals surface area contributed by atoms with Gasteiger partial charge in [-0.15, -0.1) is 10.2 Å². The zero-order chi connectivity index (χ0) is 17.4. The Labute approximate surface area is 151 Å². The van der Waals surface area contributed by atoms with E-state index in [0.717, 1.165) is 24.9 Å². The Balaban J connectivity index is 1.62. The second kappa shape index (κ2) is 9.49. The first-order chi connectivity index (χ1) is 11.5. The SMILES string of the molecule is C[C@@H](Cc1ccc(Cl)cc1Cl)NC(=O)NCCCCn1cnnc1. The molecule has 1 atom stereocenters. The topological polar surface area (TPSA) is 71.8 Å². The molecule has 2 rings (SSSR count). The standard InChI is InChI=1S/C16H21Cl2N5O/c1-12(8-13-4-5-14(17)9-15(13)18)22-16(24)19-6-2-3-7-23-10-20-21-11-23/h4-5,9-12H,2-3,6-8H2,1H3,(H2,19,22,24)/t12-/m0/s1. The lowest BCUT2D eigenvalue weighted by Gasteiger charge is -2.15. The van der Waals surface area contributed by atoms with Gasteiger partial charge in [-0.2, -0.15) is 0 Å². The number of rotatable bonds is 8. The first kappa shape index (κ1) is 18.5. The molecule has 1 aromatic heterocycles. The van der Waals surface area contributed by atoms with Crippen molar-refractivity contribution in [3.05, 3.63) is 46.5 Å². The van der Waals surface area contributed by atoms with Gasteiger partial charge < -0.3 is 15.2 Å². The number of benzene rings is 1. The number of carbonyl (C=O) groups excluding carboxylic acids is 1. The molecule has 2 amide bonds. The molecule has 0 saturated heterocycles. The minimum absolute atomic E-state index is 0.0271. The molecule has 0 radical (unpaired) electrons. The van der Waals surface area contributed by atoms with Gasteiger partial charge in [-0.1, -0.05) is 29.3 Å². The Morgan fingerprint density at radius 3 is 2.71 bits per heavy atom. The number of urea groups is 1. The Morgan fingerprint density at radius 2 is 2.00 bits per heavy atom. The number of amides is 2. The van der Waals surface area contributed by atoms with Crippen LogP contribution in [-0.2, 0) is 13.0 Å². The molecule has 8 heteroatoms. The monoisotopic (exact) mass is 369 g/mol. The fourth-order valence-corrected chi connectivity index (χ4v) is 2.79. The van der Waals surface area contributed by atoms with E-state index in [4.69, 9.17) is 23.2 Å². The summed E-state index contributed by atoms with van der Waals surface area (Å²) in [6.45, 7) is 3.42. The number of aromatic nitrogens is 3. The summed E-state index contributed by atoms with van der Waals surface area (Å²) in [4.78, 5) is 11.9. The highest BCUT2D eigenvalue weighted by Crippen LogP contribution is 2.22. The van der Waals surface area contributed by atoms with Crippen molar-refractivity contribution in [3.8, 4) is 0 Å². The van der Waals surface area contributed by atoms with Crippen molar-refractivity contribution in [1.29, 1.82) is 0 Å². The summed E-state index contributed by atoms with van der Waals surface area (Å²) in [6.07, 6.45) is 5.86. The van der Waals surface area contributed by atoms with Crippen LogP contribution in [0.4, 0.5) is 4.79 Å². The zero-order valence-corrected chi connectivity index (χ0v) is 15.0. The molecule has 1 heterocycles. The third-order valence-corrected chi connectivity index (χ3v) is 4.10. The normalized spacial score (nSPS) is 12.0. The molecule has 0 bridgehead atoms. The maximum absolute atomic E-state index is 11.9. The highest BCUT2D eigenvalue weighted by Gasteiger charge is 2.10. The van der Waals surface area contributed by atoms with Crippen molar-refractivity contribution >= 4 is 29.2 Å². The van der Waals surface area contributed by atoms with E-state index in [1.807, 2.05) is 17.6 Å². The van der Waals surface area contributed by atoms with Crippen LogP contribution in [0.5, 0.6) is 0 Å². The van der Waals surface area contributed by atoms with Crippen LogP contribution in [0.1, 0.15) is 25.3 Å². The van der Waals surface area contributed by atoms with Crippen molar-refractivity contribution in [3.63, 3.8) is 0 Å². The molecule has 0 fully saturated rings. The van der Waals surface area contributed by atoms with E-state index in [0.29, 0.717) is 23.0 Å². The van der Waals surface area contributed by atoms with Gasteiger partial charge in [-0.3, -0.25) is 0 Å². The summed E-state index contributed by atoms with van der Waals surface area (Å²) in [6, 6.07) is 5.19. The Hall–Kier alpha value is -1.79. The second-order valence-electron chi connectivity index (χ2n) is 5.65. The van der Waals surface area contributed by atoms with E-state index in [9.17, 15) is 4.79 Å². The lowest BCUT2D eigenvalue weighted by atomic mass is 10.1. The van der Waals surface area contributed by atoms with Crippen molar-refractivity contribution < 1.29 is 4.79 Å². The van der Waals surface area contributed by atoms with Crippen LogP contribution in [0.25, 0.3) is 0 Å². The van der Waals surface area contributed by atoms with Crippen LogP contribution in [0, 0.1) is 0 Å². The number of aryl methyl sites for hydroxylation is 1. The Morgan fingerprint density at radius 1 is 1.25 bits per heavy atom. The van der Waals surface area contributed by atoms with Gasteiger partial charge in [0.25, 0.3) is 0 Å². The van der Waals surface area contributed by atoms with E-state index >= 15 is 0 Å². The summed E-state index contributed by atoms with van der Waals surface area (Å²) < 4.78 is 1.91. The lowest BCUT2D eigenvalue weighted by Crippen LogP contribution is -2.42. The fraction of sp³-hybridized carbons (Fsp3) is 0.438. The van der Waals surface area contributed by atoms with E-state index in [2.05, 4.69) is 20.8 Å². The average molecular weight is 370 g/mol. The maximum Gasteiger partial charge on any atom is 0.315 e. The number of nitrogens with zero attached hydrogens (tertiary/aromatic N) is 3. The number of unbranched alkanes of at least 4 members (excludes halogenated alkanes) is 1. The lowest BCUT2D eigenvalue weighted by molar-refractivity contribution is 0.237. The van der Waals surface area contributed by atoms with E-state index in [1.165, 1.54) is 0 Å². The van der Waals surface area contributed by atoms with E-state index in [-0.39, 0.29) is 12.1 Å². The Kier molecular flexibility index (Phi) is 7.34. The van der Waals surface area contributed by atoms with Crippen LogP contribution in [-0.4, -0.2) is 33.4 Å². The predicted octanol–water partition coefficient (Wildman–Crippen LogP) is 3.30. The van der Waals surface area contributed by atoms with Gasteiger partial charge >= 0.3 is 6.03 Å². The van der Waals surface area contributed by atoms with Crippen LogP contribution in [0.3, 0.4) is 0 Å². The third kappa shape index (κ3) is 6.37. The molecule has 2 N–H and O–H groups in total. The van der Waals surface area contributed by atoms with Crippen LogP contribution in [0.2, 0.25) is 10.0 Å². The minimum atomic E-state index is -0.170. The molecule has 0 saturated carbocycles. The van der Waals surface area contributed by atoms with Crippen molar-refractivity contribution in [1.82, 2.24) is 25.4 Å². The number of nitrogens with one attached hydrogen (secondary N) is 2. The van der Waals surface area contributed by atoms with Gasteiger partial charge in [-0.25, -0.2) is 4.79 Å². The third-order valence-electron chi connectivity index (χ3n) is 3.51. The largest absolute Gasteiger partial charge is 0.338 e. The fourth-order valence-electron chi connectivity index (χ4n) is 2.30. The van der Waals surface area contributed by atoms with Gasteiger partial charge in [0.05, 0.1) is 0 Å². The number of hydrogen-bond donors (Lipinski definition) is 2. The van der Waals surface area contributed by atoms with Crippen molar-refractivity contribution in [2.24, 2.45) is 0 Å². The summed E-state index contributed by atoms with van der Waals surface area (Å²) in [5.74, 6) is 0.